The van der Waals surface area contributed by atoms with Crippen LogP contribution in [0, 0.1) is 5.82 Å². The molecule has 0 heterocycles. The summed E-state index contributed by atoms with van der Waals surface area (Å²) < 4.78 is 38.4. The molecule has 1 aromatic carbocycles. The third-order valence-electron chi connectivity index (χ3n) is 1.84. The maximum atomic E-state index is 12.6. The summed E-state index contributed by atoms with van der Waals surface area (Å²) in [5.74, 6) is -0.474. The summed E-state index contributed by atoms with van der Waals surface area (Å²) in [5.41, 5.74) is 5.03. The van der Waals surface area contributed by atoms with E-state index in [4.69, 9.17) is 5.73 Å². The first kappa shape index (κ1) is 13.1. The second kappa shape index (κ2) is 4.48. The quantitative estimate of drug-likeness (QED) is 0.827. The van der Waals surface area contributed by atoms with Crippen molar-refractivity contribution in [3.05, 3.63) is 30.1 Å². The van der Waals surface area contributed by atoms with Gasteiger partial charge in [0.1, 0.15) is 5.82 Å². The number of benzene rings is 1. The monoisotopic (exact) mass is 246 g/mol. The van der Waals surface area contributed by atoms with E-state index in [0.29, 0.717) is 0 Å². The standard InChI is InChI=1S/C10H15FN2O2S/c1-10(2,12)7-13-16(14,15)9-5-3-8(11)4-6-9/h3-6,13H,7,12H2,1-2H3. The van der Waals surface area contributed by atoms with E-state index in [9.17, 15) is 12.8 Å². The fourth-order valence-corrected chi connectivity index (χ4v) is 2.20. The zero-order valence-electron chi connectivity index (χ0n) is 9.20. The van der Waals surface area contributed by atoms with Crippen LogP contribution in [0.2, 0.25) is 0 Å². The van der Waals surface area contributed by atoms with Gasteiger partial charge in [0.05, 0.1) is 4.90 Å². The summed E-state index contributed by atoms with van der Waals surface area (Å²) in [4.78, 5) is 0.0261. The summed E-state index contributed by atoms with van der Waals surface area (Å²) >= 11 is 0. The lowest BCUT2D eigenvalue weighted by Gasteiger charge is -2.18. The number of nitrogens with two attached hydrogens (primary N) is 1. The lowest BCUT2D eigenvalue weighted by Crippen LogP contribution is -2.45. The molecule has 0 fully saturated rings. The maximum absolute atomic E-state index is 12.6. The second-order valence-electron chi connectivity index (χ2n) is 4.27. The molecule has 0 saturated carbocycles. The van der Waals surface area contributed by atoms with Crippen LogP contribution >= 0.6 is 0 Å². The van der Waals surface area contributed by atoms with Gasteiger partial charge in [-0.25, -0.2) is 17.5 Å². The molecule has 4 nitrogen and oxygen atoms in total. The molecule has 0 amide bonds. The third-order valence-corrected chi connectivity index (χ3v) is 3.26. The van der Waals surface area contributed by atoms with Crippen LogP contribution in [0.15, 0.2) is 29.2 Å². The minimum atomic E-state index is -3.61. The van der Waals surface area contributed by atoms with Gasteiger partial charge in [-0.3, -0.25) is 0 Å². The molecule has 0 saturated heterocycles. The van der Waals surface area contributed by atoms with Gasteiger partial charge >= 0.3 is 0 Å². The number of hydrogen-bond acceptors (Lipinski definition) is 3. The van der Waals surface area contributed by atoms with Crippen LogP contribution in [0.1, 0.15) is 13.8 Å². The van der Waals surface area contributed by atoms with Gasteiger partial charge in [-0.2, -0.15) is 0 Å². The topological polar surface area (TPSA) is 72.2 Å². The first-order valence-corrected chi connectivity index (χ1v) is 6.23. The molecule has 0 aliphatic carbocycles. The fraction of sp³-hybridized carbons (Fsp3) is 0.400. The molecule has 0 aliphatic rings. The zero-order valence-corrected chi connectivity index (χ0v) is 10.0. The largest absolute Gasteiger partial charge is 0.324 e. The molecule has 1 aromatic rings. The summed E-state index contributed by atoms with van der Waals surface area (Å²) in [6, 6.07) is 4.62. The van der Waals surface area contributed by atoms with Crippen molar-refractivity contribution >= 4 is 10.0 Å². The Morgan fingerprint density at radius 2 is 1.81 bits per heavy atom. The van der Waals surface area contributed by atoms with Crippen LogP contribution in [-0.4, -0.2) is 20.5 Å². The van der Waals surface area contributed by atoms with Crippen molar-refractivity contribution < 1.29 is 12.8 Å². The van der Waals surface area contributed by atoms with Gasteiger partial charge < -0.3 is 5.73 Å². The maximum Gasteiger partial charge on any atom is 0.240 e. The number of hydrogen-bond donors (Lipinski definition) is 2. The second-order valence-corrected chi connectivity index (χ2v) is 6.03. The molecule has 0 unspecified atom stereocenters. The van der Waals surface area contributed by atoms with Crippen molar-refractivity contribution in [2.75, 3.05) is 6.54 Å². The van der Waals surface area contributed by atoms with Crippen molar-refractivity contribution in [3.63, 3.8) is 0 Å². The van der Waals surface area contributed by atoms with Crippen LogP contribution in [-0.2, 0) is 10.0 Å². The van der Waals surface area contributed by atoms with Gasteiger partial charge in [0.2, 0.25) is 10.0 Å². The Hall–Kier alpha value is -0.980. The molecule has 0 aliphatic heterocycles. The molecule has 6 heteroatoms. The smallest absolute Gasteiger partial charge is 0.240 e. The first-order chi connectivity index (χ1) is 7.21. The molecule has 3 N–H and O–H groups in total. The SMILES string of the molecule is CC(C)(N)CNS(=O)(=O)c1ccc(F)cc1. The predicted octanol–water partition coefficient (Wildman–Crippen LogP) is 0.841. The summed E-state index contributed by atoms with van der Waals surface area (Å²) in [7, 11) is -3.61. The van der Waals surface area contributed by atoms with Crippen LogP contribution in [0.4, 0.5) is 4.39 Å². The van der Waals surface area contributed by atoms with E-state index in [-0.39, 0.29) is 11.4 Å². The highest BCUT2D eigenvalue weighted by atomic mass is 32.2. The van der Waals surface area contributed by atoms with Crippen LogP contribution < -0.4 is 10.5 Å². The van der Waals surface area contributed by atoms with Crippen molar-refractivity contribution in [1.29, 1.82) is 0 Å². The van der Waals surface area contributed by atoms with Crippen LogP contribution in [0.5, 0.6) is 0 Å². The molecule has 0 radical (unpaired) electrons. The Balaban J connectivity index is 2.83. The molecule has 16 heavy (non-hydrogen) atoms. The Labute approximate surface area is 94.7 Å². The van der Waals surface area contributed by atoms with Gasteiger partial charge in [-0.15, -0.1) is 0 Å². The Morgan fingerprint density at radius 3 is 2.25 bits per heavy atom. The number of rotatable bonds is 4. The van der Waals surface area contributed by atoms with Gasteiger partial charge in [-0.05, 0) is 38.1 Å². The van der Waals surface area contributed by atoms with Crippen molar-refractivity contribution in [2.24, 2.45) is 5.73 Å². The van der Waals surface area contributed by atoms with E-state index in [1.807, 2.05) is 0 Å². The normalized spacial score (nSPS) is 12.8. The lowest BCUT2D eigenvalue weighted by atomic mass is 10.1. The van der Waals surface area contributed by atoms with Gasteiger partial charge in [0.25, 0.3) is 0 Å². The van der Waals surface area contributed by atoms with E-state index in [0.717, 1.165) is 12.1 Å². The highest BCUT2D eigenvalue weighted by Crippen LogP contribution is 2.10. The molecule has 0 aromatic heterocycles. The number of sulfonamides is 1. The van der Waals surface area contributed by atoms with Gasteiger partial charge in [-0.1, -0.05) is 0 Å². The van der Waals surface area contributed by atoms with E-state index in [2.05, 4.69) is 4.72 Å². The van der Waals surface area contributed by atoms with E-state index in [1.165, 1.54) is 12.1 Å². The number of halogens is 1. The van der Waals surface area contributed by atoms with Crippen molar-refractivity contribution in [3.8, 4) is 0 Å². The Morgan fingerprint density at radius 1 is 1.31 bits per heavy atom. The average molecular weight is 246 g/mol. The highest BCUT2D eigenvalue weighted by Gasteiger charge is 2.18. The fourth-order valence-electron chi connectivity index (χ4n) is 0.978. The van der Waals surface area contributed by atoms with Crippen LogP contribution in [0.25, 0.3) is 0 Å². The molecule has 0 bridgehead atoms. The zero-order chi connectivity index (χ0) is 12.4. The van der Waals surface area contributed by atoms with Crippen molar-refractivity contribution in [2.45, 2.75) is 24.3 Å². The molecule has 1 rings (SSSR count). The molecule has 90 valence electrons. The van der Waals surface area contributed by atoms with Crippen molar-refractivity contribution in [1.82, 2.24) is 4.72 Å². The molecule has 0 spiro atoms. The minimum absolute atomic E-state index is 0.0261. The molecular formula is C10H15FN2O2S. The van der Waals surface area contributed by atoms with E-state index < -0.39 is 21.4 Å². The third kappa shape index (κ3) is 3.88. The summed E-state index contributed by atoms with van der Waals surface area (Å²) in [6.07, 6.45) is 0. The highest BCUT2D eigenvalue weighted by molar-refractivity contribution is 7.89. The Bertz CT molecular complexity index is 449. The minimum Gasteiger partial charge on any atom is -0.324 e. The lowest BCUT2D eigenvalue weighted by molar-refractivity contribution is 0.498. The van der Waals surface area contributed by atoms with Gasteiger partial charge in [0.15, 0.2) is 0 Å². The summed E-state index contributed by atoms with van der Waals surface area (Å²) in [6.45, 7) is 3.53. The Kier molecular flexibility index (Phi) is 3.67. The molecule has 0 atom stereocenters. The predicted molar refractivity (Wildman–Crippen MR) is 59.9 cm³/mol. The van der Waals surface area contributed by atoms with E-state index in [1.54, 1.807) is 13.8 Å². The first-order valence-electron chi connectivity index (χ1n) is 4.75. The summed E-state index contributed by atoms with van der Waals surface area (Å²) in [5, 5.41) is 0. The average Bonchev–Trinajstić information content (AvgIpc) is 2.15. The van der Waals surface area contributed by atoms with E-state index >= 15 is 0 Å². The molecular weight excluding hydrogens is 231 g/mol. The number of nitrogens with one attached hydrogen (secondary N) is 1. The van der Waals surface area contributed by atoms with Crippen LogP contribution in [0.3, 0.4) is 0 Å². The van der Waals surface area contributed by atoms with Gasteiger partial charge in [0, 0.05) is 12.1 Å².